The van der Waals surface area contributed by atoms with Crippen LogP contribution in [-0.2, 0) is 0 Å². The SMILES string of the molecule is CCC1(C)CN(CC(C)=CCl)CCN1. The average molecular weight is 217 g/mol. The van der Waals surface area contributed by atoms with E-state index in [1.165, 1.54) is 12.0 Å². The Morgan fingerprint density at radius 3 is 2.93 bits per heavy atom. The molecule has 0 amide bonds. The van der Waals surface area contributed by atoms with E-state index in [0.717, 1.165) is 26.2 Å². The summed E-state index contributed by atoms with van der Waals surface area (Å²) in [5.41, 5.74) is 3.21. The second kappa shape index (κ2) is 5.15. The van der Waals surface area contributed by atoms with Crippen molar-refractivity contribution in [3.8, 4) is 0 Å². The van der Waals surface area contributed by atoms with E-state index in [1.807, 2.05) is 0 Å². The van der Waals surface area contributed by atoms with Crippen LogP contribution in [0.25, 0.3) is 0 Å². The number of nitrogens with zero attached hydrogens (tertiary/aromatic N) is 1. The predicted molar refractivity (Wildman–Crippen MR) is 62.7 cm³/mol. The summed E-state index contributed by atoms with van der Waals surface area (Å²) in [6.45, 7) is 10.9. The minimum atomic E-state index is 0.283. The topological polar surface area (TPSA) is 15.3 Å². The lowest BCUT2D eigenvalue weighted by Gasteiger charge is -2.41. The Hall–Kier alpha value is -0.0500. The molecule has 0 saturated carbocycles. The maximum absolute atomic E-state index is 5.67. The number of nitrogens with one attached hydrogen (secondary N) is 1. The number of hydrogen-bond donors (Lipinski definition) is 1. The molecule has 1 fully saturated rings. The van der Waals surface area contributed by atoms with E-state index in [9.17, 15) is 0 Å². The van der Waals surface area contributed by atoms with Gasteiger partial charge in [0, 0.05) is 37.3 Å². The van der Waals surface area contributed by atoms with Gasteiger partial charge in [-0.2, -0.15) is 0 Å². The Balaban J connectivity index is 2.48. The lowest BCUT2D eigenvalue weighted by atomic mass is 9.96. The van der Waals surface area contributed by atoms with E-state index in [2.05, 4.69) is 31.0 Å². The van der Waals surface area contributed by atoms with Crippen molar-refractivity contribution in [2.45, 2.75) is 32.7 Å². The van der Waals surface area contributed by atoms with Crippen LogP contribution < -0.4 is 5.32 Å². The maximum atomic E-state index is 5.67. The summed E-state index contributed by atoms with van der Waals surface area (Å²) in [6.07, 6.45) is 1.17. The maximum Gasteiger partial charge on any atom is 0.0278 e. The van der Waals surface area contributed by atoms with Crippen LogP contribution in [0.15, 0.2) is 11.1 Å². The lowest BCUT2D eigenvalue weighted by Crippen LogP contribution is -2.58. The number of halogens is 1. The smallest absolute Gasteiger partial charge is 0.0278 e. The first-order chi connectivity index (χ1) is 6.59. The first-order valence-corrected chi connectivity index (χ1v) is 5.76. The zero-order chi connectivity index (χ0) is 10.6. The quantitative estimate of drug-likeness (QED) is 0.778. The molecule has 1 rings (SSSR count). The van der Waals surface area contributed by atoms with Gasteiger partial charge in [-0.3, -0.25) is 4.90 Å². The van der Waals surface area contributed by atoms with Gasteiger partial charge in [0.2, 0.25) is 0 Å². The van der Waals surface area contributed by atoms with Crippen LogP contribution in [0, 0.1) is 0 Å². The number of hydrogen-bond acceptors (Lipinski definition) is 2. The molecule has 0 aromatic rings. The highest BCUT2D eigenvalue weighted by atomic mass is 35.5. The standard InChI is InChI=1S/C11H21ClN2/c1-4-11(3)9-14(6-5-13-11)8-10(2)7-12/h7,13H,4-6,8-9H2,1-3H3. The average Bonchev–Trinajstić information content (AvgIpc) is 2.18. The van der Waals surface area contributed by atoms with Gasteiger partial charge in [-0.25, -0.2) is 0 Å². The van der Waals surface area contributed by atoms with E-state index in [0.29, 0.717) is 0 Å². The van der Waals surface area contributed by atoms with Gasteiger partial charge in [0.05, 0.1) is 0 Å². The van der Waals surface area contributed by atoms with Gasteiger partial charge < -0.3 is 5.32 Å². The first-order valence-electron chi connectivity index (χ1n) is 5.33. The summed E-state index contributed by atoms with van der Waals surface area (Å²) >= 11 is 5.67. The monoisotopic (exact) mass is 216 g/mol. The van der Waals surface area contributed by atoms with Crippen molar-refractivity contribution in [3.63, 3.8) is 0 Å². The van der Waals surface area contributed by atoms with Gasteiger partial charge in [0.15, 0.2) is 0 Å². The second-order valence-electron chi connectivity index (χ2n) is 4.51. The zero-order valence-electron chi connectivity index (χ0n) is 9.44. The highest BCUT2D eigenvalue weighted by Gasteiger charge is 2.28. The summed E-state index contributed by atoms with van der Waals surface area (Å²) in [4.78, 5) is 2.47. The van der Waals surface area contributed by atoms with Crippen molar-refractivity contribution in [2.75, 3.05) is 26.2 Å². The van der Waals surface area contributed by atoms with Crippen molar-refractivity contribution >= 4 is 11.6 Å². The highest BCUT2D eigenvalue weighted by molar-refractivity contribution is 6.25. The number of rotatable bonds is 3. The molecule has 1 N–H and O–H groups in total. The molecule has 1 aliphatic heterocycles. The molecular weight excluding hydrogens is 196 g/mol. The second-order valence-corrected chi connectivity index (χ2v) is 4.73. The molecule has 1 saturated heterocycles. The van der Waals surface area contributed by atoms with Gasteiger partial charge in [-0.1, -0.05) is 18.5 Å². The Bertz CT molecular complexity index is 215. The Morgan fingerprint density at radius 2 is 2.36 bits per heavy atom. The molecule has 0 aliphatic carbocycles. The molecule has 0 bridgehead atoms. The molecule has 3 heteroatoms. The van der Waals surface area contributed by atoms with Crippen LogP contribution in [0.1, 0.15) is 27.2 Å². The van der Waals surface area contributed by atoms with Crippen LogP contribution in [0.3, 0.4) is 0 Å². The van der Waals surface area contributed by atoms with Gasteiger partial charge >= 0.3 is 0 Å². The largest absolute Gasteiger partial charge is 0.309 e. The minimum Gasteiger partial charge on any atom is -0.309 e. The normalized spacial score (nSPS) is 30.7. The lowest BCUT2D eigenvalue weighted by molar-refractivity contribution is 0.150. The molecule has 2 nitrogen and oxygen atoms in total. The van der Waals surface area contributed by atoms with Gasteiger partial charge in [-0.05, 0) is 25.8 Å². The van der Waals surface area contributed by atoms with E-state index in [-0.39, 0.29) is 5.54 Å². The molecule has 0 spiro atoms. The summed E-state index contributed by atoms with van der Waals surface area (Å²) in [7, 11) is 0. The third-order valence-electron chi connectivity index (χ3n) is 2.99. The molecule has 1 aliphatic rings. The van der Waals surface area contributed by atoms with Gasteiger partial charge in [-0.15, -0.1) is 0 Å². The van der Waals surface area contributed by atoms with Crippen molar-refractivity contribution in [1.82, 2.24) is 10.2 Å². The van der Waals surface area contributed by atoms with Gasteiger partial charge in [0.1, 0.15) is 0 Å². The third kappa shape index (κ3) is 3.26. The van der Waals surface area contributed by atoms with Crippen molar-refractivity contribution in [3.05, 3.63) is 11.1 Å². The minimum absolute atomic E-state index is 0.283. The van der Waals surface area contributed by atoms with Crippen molar-refractivity contribution in [1.29, 1.82) is 0 Å². The molecule has 1 atom stereocenters. The van der Waals surface area contributed by atoms with Crippen LogP contribution in [0.4, 0.5) is 0 Å². The van der Waals surface area contributed by atoms with Crippen LogP contribution in [0.5, 0.6) is 0 Å². The fourth-order valence-electron chi connectivity index (χ4n) is 1.90. The molecule has 1 heterocycles. The van der Waals surface area contributed by atoms with Gasteiger partial charge in [0.25, 0.3) is 0 Å². The van der Waals surface area contributed by atoms with Crippen molar-refractivity contribution < 1.29 is 0 Å². The summed E-state index contributed by atoms with van der Waals surface area (Å²) in [6, 6.07) is 0. The zero-order valence-corrected chi connectivity index (χ0v) is 10.2. The summed E-state index contributed by atoms with van der Waals surface area (Å²) in [5.74, 6) is 0. The summed E-state index contributed by atoms with van der Waals surface area (Å²) < 4.78 is 0. The highest BCUT2D eigenvalue weighted by Crippen LogP contribution is 2.16. The van der Waals surface area contributed by atoms with E-state index in [1.54, 1.807) is 5.54 Å². The Labute approximate surface area is 92.3 Å². The predicted octanol–water partition coefficient (Wildman–Crippen LogP) is 2.20. The molecule has 1 unspecified atom stereocenters. The fourth-order valence-corrected chi connectivity index (χ4v) is 1.97. The first kappa shape index (κ1) is 12.0. The molecule has 0 aromatic heterocycles. The van der Waals surface area contributed by atoms with Crippen LogP contribution >= 0.6 is 11.6 Å². The van der Waals surface area contributed by atoms with Crippen molar-refractivity contribution in [2.24, 2.45) is 0 Å². The molecule has 82 valence electrons. The number of piperazine rings is 1. The molecule has 14 heavy (non-hydrogen) atoms. The molecular formula is C11H21ClN2. The molecule has 0 radical (unpaired) electrons. The van der Waals surface area contributed by atoms with E-state index < -0.39 is 0 Å². The third-order valence-corrected chi connectivity index (χ3v) is 3.36. The van der Waals surface area contributed by atoms with E-state index >= 15 is 0 Å². The Morgan fingerprint density at radius 1 is 1.64 bits per heavy atom. The van der Waals surface area contributed by atoms with E-state index in [4.69, 9.17) is 11.6 Å². The Kier molecular flexibility index (Phi) is 4.42. The van der Waals surface area contributed by atoms with Crippen LogP contribution in [-0.4, -0.2) is 36.6 Å². The fraction of sp³-hybridized carbons (Fsp3) is 0.818. The van der Waals surface area contributed by atoms with Crippen LogP contribution in [0.2, 0.25) is 0 Å². The summed E-state index contributed by atoms with van der Waals surface area (Å²) in [5, 5.41) is 3.57. The molecule has 0 aromatic carbocycles.